The zero-order chi connectivity index (χ0) is 18.1. The summed E-state index contributed by atoms with van der Waals surface area (Å²) >= 11 is 20.9. The molecule has 7 heteroatoms. The first-order valence-corrected chi connectivity index (χ1v) is 14.3. The van der Waals surface area contributed by atoms with Crippen LogP contribution in [0.5, 0.6) is 0 Å². The van der Waals surface area contributed by atoms with Crippen LogP contribution in [0.15, 0.2) is 40.4 Å². The molecule has 2 aromatic rings. The second-order valence-electron chi connectivity index (χ2n) is 6.60. The van der Waals surface area contributed by atoms with Gasteiger partial charge in [0.2, 0.25) is 0 Å². The fourth-order valence-corrected chi connectivity index (χ4v) is 4.63. The molecule has 0 radical (unpaired) electrons. The van der Waals surface area contributed by atoms with Gasteiger partial charge in [0, 0.05) is 23.6 Å². The normalized spacial score (nSPS) is 12.8. The molecule has 0 saturated heterocycles. The zero-order valence-corrected chi connectivity index (χ0v) is 20.1. The minimum atomic E-state index is -0.797. The summed E-state index contributed by atoms with van der Waals surface area (Å²) in [4.78, 5) is 0. The van der Waals surface area contributed by atoms with Gasteiger partial charge in [-0.25, -0.2) is 0 Å². The summed E-state index contributed by atoms with van der Waals surface area (Å²) in [7, 11) is -0.489. The van der Waals surface area contributed by atoms with Crippen LogP contribution in [0.1, 0.15) is 43.0 Å². The molecule has 2 rings (SSSR count). The van der Waals surface area contributed by atoms with Gasteiger partial charge >= 0.3 is 0 Å². The summed E-state index contributed by atoms with van der Waals surface area (Å²) in [5.74, 6) is 0. The van der Waals surface area contributed by atoms with Crippen LogP contribution in [0.25, 0.3) is 0 Å². The van der Waals surface area contributed by atoms with E-state index in [1.54, 1.807) is 22.7 Å². The number of halogens is 3. The number of rotatable bonds is 1. The van der Waals surface area contributed by atoms with E-state index < -0.39 is 13.9 Å². The maximum Gasteiger partial charge on any atom is 0.0909 e. The van der Waals surface area contributed by atoms with E-state index in [1.165, 1.54) is 4.62 Å². The van der Waals surface area contributed by atoms with Crippen LogP contribution in [0.2, 0.25) is 0 Å². The van der Waals surface area contributed by atoms with Gasteiger partial charge in [0.15, 0.2) is 0 Å². The molecular formula is C16H27Cl3P2S2. The molecule has 2 aromatic heterocycles. The lowest BCUT2D eigenvalue weighted by Crippen LogP contribution is -2.13. The molecule has 0 saturated carbocycles. The minimum absolute atomic E-state index is 0. The van der Waals surface area contributed by atoms with Crippen LogP contribution >= 0.6 is 70.3 Å². The van der Waals surface area contributed by atoms with E-state index in [1.807, 2.05) is 43.7 Å². The second kappa shape index (κ2) is 11.7. The Bertz CT molecular complexity index is 475. The first-order chi connectivity index (χ1) is 10.5. The fraction of sp³-hybridized carbons (Fsp3) is 0.500. The Hall–Kier alpha value is 1.13. The van der Waals surface area contributed by atoms with Crippen molar-refractivity contribution in [1.29, 1.82) is 0 Å². The number of thiophene rings is 2. The molecule has 0 N–H and O–H groups in total. The van der Waals surface area contributed by atoms with E-state index in [2.05, 4.69) is 38.3 Å². The molecule has 0 aliphatic rings. The molecule has 2 heterocycles. The Morgan fingerprint density at radius 2 is 1.30 bits per heavy atom. The zero-order valence-electron chi connectivity index (χ0n) is 14.4. The van der Waals surface area contributed by atoms with Crippen molar-refractivity contribution in [1.82, 2.24) is 0 Å². The SMILES string of the molecule is CC(C)(C)P(Cl)Cl.CC(C)(C)P(Cl)c1cccs1.[HH].c1ccsc1. The van der Waals surface area contributed by atoms with Crippen molar-refractivity contribution >= 4 is 74.9 Å². The van der Waals surface area contributed by atoms with Gasteiger partial charge in [-0.2, -0.15) is 11.3 Å². The van der Waals surface area contributed by atoms with Crippen molar-refractivity contribution in [2.24, 2.45) is 0 Å². The third kappa shape index (κ3) is 12.2. The summed E-state index contributed by atoms with van der Waals surface area (Å²) in [6.45, 7) is 11.8. The molecule has 0 amide bonds. The molecule has 134 valence electrons. The fourth-order valence-electron chi connectivity index (χ4n) is 0.939. The van der Waals surface area contributed by atoms with E-state index >= 15 is 0 Å². The van der Waals surface area contributed by atoms with Crippen molar-refractivity contribution in [3.05, 3.63) is 40.4 Å². The van der Waals surface area contributed by atoms with Gasteiger partial charge in [-0.1, -0.05) is 93.5 Å². The Morgan fingerprint density at radius 3 is 1.52 bits per heavy atom. The van der Waals surface area contributed by atoms with Gasteiger partial charge in [0.1, 0.15) is 0 Å². The quantitative estimate of drug-likeness (QED) is 0.379. The van der Waals surface area contributed by atoms with E-state index in [-0.39, 0.29) is 11.7 Å². The van der Waals surface area contributed by atoms with Crippen LogP contribution in [0.3, 0.4) is 0 Å². The lowest BCUT2D eigenvalue weighted by Gasteiger charge is -2.23. The van der Waals surface area contributed by atoms with Gasteiger partial charge in [0.25, 0.3) is 0 Å². The smallest absolute Gasteiger partial charge is 0.0909 e. The van der Waals surface area contributed by atoms with Gasteiger partial charge < -0.3 is 0 Å². The van der Waals surface area contributed by atoms with Crippen LogP contribution in [-0.2, 0) is 0 Å². The summed E-state index contributed by atoms with van der Waals surface area (Å²) in [5.41, 5.74) is 0. The van der Waals surface area contributed by atoms with Crippen molar-refractivity contribution in [2.45, 2.75) is 51.9 Å². The standard InChI is InChI=1S/C8H12ClPS.C4H9Cl2P.C4H4S.H2/c1-8(2,3)10(9)7-5-4-6-11-7;1-4(2,3)7(5)6;1-2-4-5-3-1;/h4-6H,1-3H3;1-3H3;1-4H;1H. The monoisotopic (exact) mass is 450 g/mol. The van der Waals surface area contributed by atoms with Gasteiger partial charge in [-0.3, -0.25) is 0 Å². The predicted molar refractivity (Wildman–Crippen MR) is 121 cm³/mol. The van der Waals surface area contributed by atoms with Crippen molar-refractivity contribution < 1.29 is 1.43 Å². The van der Waals surface area contributed by atoms with Crippen molar-refractivity contribution in [2.75, 3.05) is 0 Å². The Kier molecular flexibility index (Phi) is 12.3. The van der Waals surface area contributed by atoms with Crippen LogP contribution in [-0.4, -0.2) is 10.3 Å². The average Bonchev–Trinajstić information content (AvgIpc) is 3.12. The molecule has 0 aliphatic carbocycles. The van der Waals surface area contributed by atoms with Crippen LogP contribution < -0.4 is 4.62 Å². The molecule has 0 spiro atoms. The summed E-state index contributed by atoms with van der Waals surface area (Å²) in [5, 5.41) is 6.49. The van der Waals surface area contributed by atoms with E-state index in [0.717, 1.165) is 0 Å². The van der Waals surface area contributed by atoms with Crippen LogP contribution in [0, 0.1) is 0 Å². The third-order valence-electron chi connectivity index (χ3n) is 2.22. The maximum absolute atomic E-state index is 6.30. The molecule has 0 nitrogen and oxygen atoms in total. The largest absolute Gasteiger partial charge is 0.152 e. The van der Waals surface area contributed by atoms with Gasteiger partial charge in [-0.05, 0) is 22.2 Å². The predicted octanol–water partition coefficient (Wildman–Crippen LogP) is 9.38. The lowest BCUT2D eigenvalue weighted by molar-refractivity contribution is 0.796. The Labute approximate surface area is 167 Å². The number of hydrogen-bond donors (Lipinski definition) is 0. The first kappa shape index (κ1) is 24.1. The van der Waals surface area contributed by atoms with Crippen molar-refractivity contribution in [3.63, 3.8) is 0 Å². The average molecular weight is 452 g/mol. The molecule has 0 fully saturated rings. The van der Waals surface area contributed by atoms with E-state index in [9.17, 15) is 0 Å². The lowest BCUT2D eigenvalue weighted by atomic mass is 10.3. The molecule has 1 atom stereocenters. The van der Waals surface area contributed by atoms with E-state index in [0.29, 0.717) is 0 Å². The molecule has 1 unspecified atom stereocenters. The summed E-state index contributed by atoms with van der Waals surface area (Å²) in [6.07, 6.45) is 0. The first-order valence-electron chi connectivity index (χ1n) is 7.04. The molecular weight excluding hydrogens is 425 g/mol. The van der Waals surface area contributed by atoms with Gasteiger partial charge in [-0.15, -0.1) is 11.3 Å². The Morgan fingerprint density at radius 1 is 0.826 bits per heavy atom. The second-order valence-corrected chi connectivity index (χ2v) is 16.4. The molecule has 0 aliphatic heterocycles. The Balaban J connectivity index is 0. The molecule has 0 aromatic carbocycles. The van der Waals surface area contributed by atoms with Crippen molar-refractivity contribution in [3.8, 4) is 0 Å². The summed E-state index contributed by atoms with van der Waals surface area (Å²) in [6, 6.07) is 8.22. The van der Waals surface area contributed by atoms with E-state index in [4.69, 9.17) is 33.7 Å². The number of hydrogen-bond acceptors (Lipinski definition) is 2. The molecule has 23 heavy (non-hydrogen) atoms. The topological polar surface area (TPSA) is 0 Å². The summed E-state index contributed by atoms with van der Waals surface area (Å²) < 4.78 is 1.33. The maximum atomic E-state index is 6.30. The highest BCUT2D eigenvalue weighted by Gasteiger charge is 2.24. The minimum Gasteiger partial charge on any atom is -0.152 e. The highest BCUT2D eigenvalue weighted by Crippen LogP contribution is 2.58. The highest BCUT2D eigenvalue weighted by atomic mass is 35.9. The molecule has 0 bridgehead atoms. The van der Waals surface area contributed by atoms with Crippen LogP contribution in [0.4, 0.5) is 0 Å². The third-order valence-corrected chi connectivity index (χ3v) is 12.5. The highest BCUT2D eigenvalue weighted by molar-refractivity contribution is 8.04. The van der Waals surface area contributed by atoms with Gasteiger partial charge in [0.05, 0.1) is 6.63 Å².